The summed E-state index contributed by atoms with van der Waals surface area (Å²) in [5, 5.41) is -0.200. The summed E-state index contributed by atoms with van der Waals surface area (Å²) in [6, 6.07) is 40.8. The van der Waals surface area contributed by atoms with Crippen molar-refractivity contribution in [3.8, 4) is 0 Å². The van der Waals surface area contributed by atoms with Gasteiger partial charge in [0, 0.05) is 0 Å². The molecule has 0 amide bonds. The van der Waals surface area contributed by atoms with E-state index in [4.69, 9.17) is 26.8 Å². The zero-order chi connectivity index (χ0) is 25.5. The van der Waals surface area contributed by atoms with Crippen molar-refractivity contribution in [2.45, 2.75) is 37.3 Å². The van der Waals surface area contributed by atoms with Crippen LogP contribution in [-0.2, 0) is 34.0 Å². The van der Waals surface area contributed by atoms with E-state index < -0.39 is 0 Å². The van der Waals surface area contributed by atoms with E-state index in [-0.39, 0.29) is 17.5 Å². The standard InChI is InChI=1S/C33H34O3S/c37-32(26-34-23-28-15-7-2-8-16-28)33(36-25-30-19-11-4-12-20-30)31(22-21-27-13-5-1-6-14-27)35-24-29-17-9-3-10-18-29/h1-22,31-33,37H,23-26H2/b22-21+/t31-,32-,33+/m1/s1. The quantitative estimate of drug-likeness (QED) is 0.179. The minimum absolute atomic E-state index is 0.200. The second-order valence-electron chi connectivity index (χ2n) is 8.86. The van der Waals surface area contributed by atoms with Crippen LogP contribution in [-0.4, -0.2) is 24.1 Å². The minimum atomic E-state index is -0.331. The Morgan fingerprint density at radius 1 is 0.568 bits per heavy atom. The molecule has 0 aromatic heterocycles. The van der Waals surface area contributed by atoms with Gasteiger partial charge in [-0.1, -0.05) is 133 Å². The summed E-state index contributed by atoms with van der Waals surface area (Å²) in [5.74, 6) is 0. The van der Waals surface area contributed by atoms with Crippen molar-refractivity contribution >= 4 is 18.7 Å². The molecule has 0 saturated heterocycles. The van der Waals surface area contributed by atoms with Gasteiger partial charge in [0.15, 0.2) is 0 Å². The predicted molar refractivity (Wildman–Crippen MR) is 154 cm³/mol. The lowest BCUT2D eigenvalue weighted by Gasteiger charge is -2.30. The van der Waals surface area contributed by atoms with Crippen LogP contribution in [0.1, 0.15) is 22.3 Å². The third kappa shape index (κ3) is 9.34. The Morgan fingerprint density at radius 2 is 1.03 bits per heavy atom. The third-order valence-corrected chi connectivity index (χ3v) is 6.39. The number of benzene rings is 4. The highest BCUT2D eigenvalue weighted by Gasteiger charge is 2.28. The average molecular weight is 511 g/mol. The second kappa shape index (κ2) is 15.2. The molecule has 0 spiro atoms. The van der Waals surface area contributed by atoms with E-state index in [0.717, 1.165) is 22.3 Å². The summed E-state index contributed by atoms with van der Waals surface area (Å²) in [4.78, 5) is 0. The molecule has 3 atom stereocenters. The van der Waals surface area contributed by atoms with Gasteiger partial charge in [0.2, 0.25) is 0 Å². The van der Waals surface area contributed by atoms with Gasteiger partial charge in [-0.25, -0.2) is 0 Å². The Morgan fingerprint density at radius 3 is 1.57 bits per heavy atom. The van der Waals surface area contributed by atoms with Gasteiger partial charge in [0.25, 0.3) is 0 Å². The summed E-state index contributed by atoms with van der Waals surface area (Å²) < 4.78 is 19.0. The Balaban J connectivity index is 1.51. The topological polar surface area (TPSA) is 27.7 Å². The molecule has 37 heavy (non-hydrogen) atoms. The van der Waals surface area contributed by atoms with Crippen molar-refractivity contribution in [3.05, 3.63) is 150 Å². The number of hydrogen-bond acceptors (Lipinski definition) is 4. The number of rotatable bonds is 14. The third-order valence-electron chi connectivity index (χ3n) is 5.95. The van der Waals surface area contributed by atoms with Crippen LogP contribution in [0, 0.1) is 0 Å². The van der Waals surface area contributed by atoms with Gasteiger partial charge in [0.1, 0.15) is 12.2 Å². The van der Waals surface area contributed by atoms with Crippen molar-refractivity contribution in [3.63, 3.8) is 0 Å². The lowest BCUT2D eigenvalue weighted by molar-refractivity contribution is -0.0730. The molecule has 0 saturated carbocycles. The van der Waals surface area contributed by atoms with Crippen molar-refractivity contribution < 1.29 is 14.2 Å². The van der Waals surface area contributed by atoms with Crippen LogP contribution in [0.2, 0.25) is 0 Å². The van der Waals surface area contributed by atoms with E-state index in [9.17, 15) is 0 Å². The first kappa shape index (κ1) is 26.9. The van der Waals surface area contributed by atoms with Crippen molar-refractivity contribution in [2.75, 3.05) is 6.61 Å². The highest BCUT2D eigenvalue weighted by atomic mass is 32.1. The fourth-order valence-electron chi connectivity index (χ4n) is 3.95. The molecule has 4 aromatic rings. The normalized spacial score (nSPS) is 13.9. The predicted octanol–water partition coefficient (Wildman–Crippen LogP) is 7.39. The van der Waals surface area contributed by atoms with E-state index in [1.807, 2.05) is 72.8 Å². The number of thiol groups is 1. The van der Waals surface area contributed by atoms with Crippen molar-refractivity contribution in [1.82, 2.24) is 0 Å². The molecule has 0 heterocycles. The highest BCUT2D eigenvalue weighted by molar-refractivity contribution is 7.81. The van der Waals surface area contributed by atoms with Gasteiger partial charge in [-0.15, -0.1) is 0 Å². The molecule has 4 aromatic carbocycles. The first-order valence-corrected chi connectivity index (χ1v) is 13.1. The molecule has 0 unspecified atom stereocenters. The zero-order valence-electron chi connectivity index (χ0n) is 20.9. The van der Waals surface area contributed by atoms with Gasteiger partial charge in [-0.3, -0.25) is 0 Å². The van der Waals surface area contributed by atoms with Crippen LogP contribution in [0.25, 0.3) is 6.08 Å². The highest BCUT2D eigenvalue weighted by Crippen LogP contribution is 2.21. The summed E-state index contributed by atoms with van der Waals surface area (Å²) in [6.07, 6.45) is 3.50. The molecule has 0 radical (unpaired) electrons. The first-order chi connectivity index (χ1) is 18.3. The van der Waals surface area contributed by atoms with Gasteiger partial charge in [-0.2, -0.15) is 12.6 Å². The first-order valence-electron chi connectivity index (χ1n) is 12.6. The Kier molecular flexibility index (Phi) is 11.0. The summed E-state index contributed by atoms with van der Waals surface area (Å²) >= 11 is 4.95. The minimum Gasteiger partial charge on any atom is -0.376 e. The molecule has 190 valence electrons. The Labute approximate surface area is 226 Å². The molecule has 0 bridgehead atoms. The van der Waals surface area contributed by atoms with Crippen LogP contribution < -0.4 is 0 Å². The maximum absolute atomic E-state index is 6.50. The van der Waals surface area contributed by atoms with Gasteiger partial charge < -0.3 is 14.2 Å². The summed E-state index contributed by atoms with van der Waals surface area (Å²) in [5.41, 5.74) is 4.45. The fraction of sp³-hybridized carbons (Fsp3) is 0.212. The maximum Gasteiger partial charge on any atom is 0.104 e. The van der Waals surface area contributed by atoms with E-state index in [1.54, 1.807) is 0 Å². The molecular formula is C33H34O3S. The molecule has 4 rings (SSSR count). The number of hydrogen-bond donors (Lipinski definition) is 1. The fourth-order valence-corrected chi connectivity index (χ4v) is 4.32. The van der Waals surface area contributed by atoms with Crippen LogP contribution in [0.4, 0.5) is 0 Å². The molecule has 4 heteroatoms. The summed E-state index contributed by atoms with van der Waals surface area (Å²) in [6.45, 7) is 1.90. The number of ether oxygens (including phenoxy) is 3. The molecular weight excluding hydrogens is 476 g/mol. The van der Waals surface area contributed by atoms with Crippen LogP contribution in [0.5, 0.6) is 0 Å². The monoisotopic (exact) mass is 510 g/mol. The van der Waals surface area contributed by atoms with E-state index in [0.29, 0.717) is 26.4 Å². The van der Waals surface area contributed by atoms with Crippen LogP contribution >= 0.6 is 12.6 Å². The van der Waals surface area contributed by atoms with Crippen molar-refractivity contribution in [1.29, 1.82) is 0 Å². The SMILES string of the molecule is S[C@H](COCc1ccccc1)[C@@H](OCc1ccccc1)[C@@H](/C=C/c1ccccc1)OCc1ccccc1. The molecule has 0 N–H and O–H groups in total. The summed E-state index contributed by atoms with van der Waals surface area (Å²) in [7, 11) is 0. The van der Waals surface area contributed by atoms with Gasteiger partial charge in [-0.05, 0) is 22.3 Å². The molecule has 0 aliphatic carbocycles. The van der Waals surface area contributed by atoms with Gasteiger partial charge >= 0.3 is 0 Å². The van der Waals surface area contributed by atoms with Crippen LogP contribution in [0.3, 0.4) is 0 Å². The van der Waals surface area contributed by atoms with E-state index in [1.165, 1.54) is 0 Å². The van der Waals surface area contributed by atoms with Gasteiger partial charge in [0.05, 0.1) is 31.7 Å². The second-order valence-corrected chi connectivity index (χ2v) is 9.52. The molecule has 0 aliphatic rings. The largest absolute Gasteiger partial charge is 0.376 e. The lowest BCUT2D eigenvalue weighted by Crippen LogP contribution is -2.40. The molecule has 3 nitrogen and oxygen atoms in total. The maximum atomic E-state index is 6.50. The molecule has 0 aliphatic heterocycles. The molecule has 0 fully saturated rings. The Hall–Kier alpha value is -3.15. The zero-order valence-corrected chi connectivity index (χ0v) is 21.8. The van der Waals surface area contributed by atoms with Crippen LogP contribution in [0.15, 0.2) is 127 Å². The smallest absolute Gasteiger partial charge is 0.104 e. The van der Waals surface area contributed by atoms with E-state index in [2.05, 4.69) is 60.7 Å². The van der Waals surface area contributed by atoms with E-state index >= 15 is 0 Å². The Bertz CT molecular complexity index is 1170. The van der Waals surface area contributed by atoms with Crippen molar-refractivity contribution in [2.24, 2.45) is 0 Å². The lowest BCUT2D eigenvalue weighted by atomic mass is 10.1. The average Bonchev–Trinajstić information content (AvgIpc) is 2.96.